The lowest BCUT2D eigenvalue weighted by atomic mass is 9.89. The third-order valence-corrected chi connectivity index (χ3v) is 2.24. The van der Waals surface area contributed by atoms with Crippen LogP contribution in [0.25, 0.3) is 0 Å². The molecule has 1 aromatic heterocycles. The fraction of sp³-hybridized carbons (Fsp3) is 0.625. The Morgan fingerprint density at radius 3 is 2.08 bits per heavy atom. The highest BCUT2D eigenvalue weighted by Crippen LogP contribution is 2.30. The molecular formula is C8H12BrFN2. The summed E-state index contributed by atoms with van der Waals surface area (Å²) in [6, 6.07) is 0. The number of nitrogens with zero attached hydrogens (tertiary/aromatic N) is 2. The predicted octanol–water partition coefficient (Wildman–Crippen LogP) is 2.62. The number of aromatic nitrogens is 2. The van der Waals surface area contributed by atoms with Gasteiger partial charge in [0.05, 0.1) is 0 Å². The molecule has 1 aromatic rings. The highest BCUT2D eigenvalue weighted by Gasteiger charge is 2.25. The molecule has 12 heavy (non-hydrogen) atoms. The van der Waals surface area contributed by atoms with Crippen LogP contribution in [0.15, 0.2) is 4.60 Å². The Labute approximate surface area is 79.9 Å². The highest BCUT2D eigenvalue weighted by molar-refractivity contribution is 9.10. The van der Waals surface area contributed by atoms with E-state index in [1.807, 2.05) is 20.8 Å². The van der Waals surface area contributed by atoms with Gasteiger partial charge < -0.3 is 0 Å². The van der Waals surface area contributed by atoms with Crippen LogP contribution in [0.3, 0.4) is 0 Å². The van der Waals surface area contributed by atoms with Gasteiger partial charge in [-0.2, -0.15) is 9.49 Å². The van der Waals surface area contributed by atoms with E-state index in [0.717, 1.165) is 0 Å². The summed E-state index contributed by atoms with van der Waals surface area (Å²) in [5.74, 6) is -0.269. The van der Waals surface area contributed by atoms with Crippen molar-refractivity contribution < 1.29 is 4.39 Å². The number of hydrogen-bond donors (Lipinski definition) is 0. The van der Waals surface area contributed by atoms with Gasteiger partial charge in [0.1, 0.15) is 4.60 Å². The minimum atomic E-state index is -0.269. The van der Waals surface area contributed by atoms with Crippen molar-refractivity contribution in [1.82, 2.24) is 9.78 Å². The van der Waals surface area contributed by atoms with Gasteiger partial charge in [0, 0.05) is 12.6 Å². The van der Waals surface area contributed by atoms with E-state index >= 15 is 0 Å². The molecule has 0 spiro atoms. The van der Waals surface area contributed by atoms with Crippen LogP contribution in [0.2, 0.25) is 0 Å². The van der Waals surface area contributed by atoms with Crippen molar-refractivity contribution in [3.63, 3.8) is 0 Å². The minimum absolute atomic E-state index is 0.211. The molecule has 0 aliphatic rings. The van der Waals surface area contributed by atoms with Gasteiger partial charge in [-0.1, -0.05) is 20.8 Å². The molecule has 0 fully saturated rings. The molecule has 0 aliphatic carbocycles. The Balaban J connectivity index is 3.32. The molecule has 68 valence electrons. The molecule has 0 saturated carbocycles. The third kappa shape index (κ3) is 1.53. The minimum Gasteiger partial charge on any atom is -0.241 e. The molecular weight excluding hydrogens is 223 g/mol. The normalized spacial score (nSPS) is 12.2. The van der Waals surface area contributed by atoms with E-state index in [0.29, 0.717) is 10.2 Å². The summed E-state index contributed by atoms with van der Waals surface area (Å²) in [4.78, 5) is 0. The van der Waals surface area contributed by atoms with Crippen molar-refractivity contribution in [3.05, 3.63) is 16.1 Å². The van der Waals surface area contributed by atoms with Crippen LogP contribution in [-0.4, -0.2) is 9.78 Å². The molecule has 0 unspecified atom stereocenters. The van der Waals surface area contributed by atoms with Gasteiger partial charge in [-0.25, -0.2) is 4.68 Å². The van der Waals surface area contributed by atoms with Gasteiger partial charge in [0.15, 0.2) is 0 Å². The van der Waals surface area contributed by atoms with Crippen LogP contribution in [0.5, 0.6) is 0 Å². The summed E-state index contributed by atoms with van der Waals surface area (Å²) in [5, 5.41) is 3.94. The van der Waals surface area contributed by atoms with Crippen molar-refractivity contribution >= 4 is 15.9 Å². The fourth-order valence-corrected chi connectivity index (χ4v) is 2.09. The molecule has 0 atom stereocenters. The Kier molecular flexibility index (Phi) is 2.29. The molecule has 1 heterocycles. The van der Waals surface area contributed by atoms with E-state index in [-0.39, 0.29) is 11.4 Å². The van der Waals surface area contributed by atoms with E-state index in [4.69, 9.17) is 0 Å². The van der Waals surface area contributed by atoms with Crippen molar-refractivity contribution in [2.24, 2.45) is 7.05 Å². The van der Waals surface area contributed by atoms with E-state index < -0.39 is 0 Å². The quantitative estimate of drug-likeness (QED) is 0.675. The van der Waals surface area contributed by atoms with Crippen LogP contribution >= 0.6 is 15.9 Å². The van der Waals surface area contributed by atoms with E-state index in [9.17, 15) is 4.39 Å². The van der Waals surface area contributed by atoms with Crippen molar-refractivity contribution in [2.45, 2.75) is 26.2 Å². The third-order valence-electron chi connectivity index (χ3n) is 1.68. The lowest BCUT2D eigenvalue weighted by molar-refractivity contribution is 0.464. The summed E-state index contributed by atoms with van der Waals surface area (Å²) in [7, 11) is 1.59. The first-order chi connectivity index (χ1) is 5.34. The first kappa shape index (κ1) is 9.71. The van der Waals surface area contributed by atoms with E-state index in [2.05, 4.69) is 21.0 Å². The maximum absolute atomic E-state index is 13.4. The first-order valence-electron chi connectivity index (χ1n) is 3.72. The first-order valence-corrected chi connectivity index (χ1v) is 4.52. The largest absolute Gasteiger partial charge is 0.241 e. The number of aryl methyl sites for hydroxylation is 1. The lowest BCUT2D eigenvalue weighted by Crippen LogP contribution is -2.13. The Bertz CT molecular complexity index is 299. The Morgan fingerprint density at radius 2 is 1.92 bits per heavy atom. The van der Waals surface area contributed by atoms with Gasteiger partial charge in [0.25, 0.3) is 0 Å². The SMILES string of the molecule is Cn1nc(Br)c(C(C)(C)C)c1F. The topological polar surface area (TPSA) is 17.8 Å². The van der Waals surface area contributed by atoms with Gasteiger partial charge in [-0.15, -0.1) is 0 Å². The second-order valence-corrected chi connectivity index (χ2v) is 4.58. The molecule has 0 aliphatic heterocycles. The summed E-state index contributed by atoms with van der Waals surface area (Å²) in [6.45, 7) is 5.87. The zero-order valence-corrected chi connectivity index (χ0v) is 9.24. The number of rotatable bonds is 0. The maximum Gasteiger partial charge on any atom is 0.216 e. The smallest absolute Gasteiger partial charge is 0.216 e. The fourth-order valence-electron chi connectivity index (χ4n) is 1.09. The van der Waals surface area contributed by atoms with Crippen LogP contribution in [0.1, 0.15) is 26.3 Å². The predicted molar refractivity (Wildman–Crippen MR) is 49.6 cm³/mol. The van der Waals surface area contributed by atoms with Crippen molar-refractivity contribution in [3.8, 4) is 0 Å². The standard InChI is InChI=1S/C8H12BrFN2/c1-8(2,3)5-6(9)11-12(4)7(5)10/h1-4H3. The monoisotopic (exact) mass is 234 g/mol. The average Bonchev–Trinajstić information content (AvgIpc) is 2.05. The Morgan fingerprint density at radius 1 is 1.42 bits per heavy atom. The molecule has 0 bridgehead atoms. The van der Waals surface area contributed by atoms with Crippen LogP contribution < -0.4 is 0 Å². The zero-order valence-electron chi connectivity index (χ0n) is 7.65. The van der Waals surface area contributed by atoms with Gasteiger partial charge >= 0.3 is 0 Å². The van der Waals surface area contributed by atoms with E-state index in [1.54, 1.807) is 7.05 Å². The maximum atomic E-state index is 13.4. The number of hydrogen-bond acceptors (Lipinski definition) is 1. The van der Waals surface area contributed by atoms with Crippen molar-refractivity contribution in [2.75, 3.05) is 0 Å². The zero-order chi connectivity index (χ0) is 9.52. The van der Waals surface area contributed by atoms with Crippen LogP contribution in [0, 0.1) is 5.95 Å². The summed E-state index contributed by atoms with van der Waals surface area (Å²) in [6.07, 6.45) is 0. The second kappa shape index (κ2) is 2.83. The Hall–Kier alpha value is -0.380. The average molecular weight is 235 g/mol. The second-order valence-electron chi connectivity index (χ2n) is 3.83. The molecule has 4 heteroatoms. The summed E-state index contributed by atoms with van der Waals surface area (Å²) in [5.41, 5.74) is 0.418. The van der Waals surface area contributed by atoms with Crippen molar-refractivity contribution in [1.29, 1.82) is 0 Å². The molecule has 0 radical (unpaired) electrons. The van der Waals surface area contributed by atoms with Gasteiger partial charge in [-0.05, 0) is 21.3 Å². The highest BCUT2D eigenvalue weighted by atomic mass is 79.9. The molecule has 1 rings (SSSR count). The molecule has 0 N–H and O–H groups in total. The molecule has 2 nitrogen and oxygen atoms in total. The van der Waals surface area contributed by atoms with E-state index in [1.165, 1.54) is 4.68 Å². The summed E-state index contributed by atoms with van der Waals surface area (Å²) >= 11 is 3.23. The molecule has 0 saturated heterocycles. The lowest BCUT2D eigenvalue weighted by Gasteiger charge is -2.16. The van der Waals surface area contributed by atoms with Crippen LogP contribution in [-0.2, 0) is 12.5 Å². The van der Waals surface area contributed by atoms with Gasteiger partial charge in [0.2, 0.25) is 5.95 Å². The summed E-state index contributed by atoms with van der Waals surface area (Å²) < 4.78 is 15.2. The molecule has 0 aromatic carbocycles. The van der Waals surface area contributed by atoms with Gasteiger partial charge in [-0.3, -0.25) is 0 Å². The molecule has 0 amide bonds. The van der Waals surface area contributed by atoms with Crippen LogP contribution in [0.4, 0.5) is 4.39 Å². The number of halogens is 2.